The Morgan fingerprint density at radius 3 is 2.12 bits per heavy atom. The SMILES string of the molecule is COC(=O)CCN1C(=O)N(c2ccccc2)C(n2oc(=O)n(-c3ccccc3)c2=O)C1(C)C. The highest BCUT2D eigenvalue weighted by Crippen LogP contribution is 2.42. The zero-order valence-electron chi connectivity index (χ0n) is 18.5. The fraction of sp³-hybridized carbons (Fsp3) is 0.304. The summed E-state index contributed by atoms with van der Waals surface area (Å²) < 4.78 is 12.0. The van der Waals surface area contributed by atoms with Gasteiger partial charge in [-0.05, 0) is 38.1 Å². The third-order valence-corrected chi connectivity index (χ3v) is 5.79. The van der Waals surface area contributed by atoms with E-state index < -0.39 is 35.2 Å². The van der Waals surface area contributed by atoms with E-state index in [9.17, 15) is 19.2 Å². The number of hydrogen-bond donors (Lipinski definition) is 0. The number of anilines is 1. The topological polar surface area (TPSA) is 107 Å². The molecule has 1 aliphatic heterocycles. The molecule has 1 aromatic heterocycles. The van der Waals surface area contributed by atoms with Gasteiger partial charge >= 0.3 is 23.4 Å². The van der Waals surface area contributed by atoms with Gasteiger partial charge in [-0.3, -0.25) is 9.69 Å². The second-order valence-electron chi connectivity index (χ2n) is 8.13. The maximum atomic E-state index is 13.5. The van der Waals surface area contributed by atoms with Gasteiger partial charge in [0.25, 0.3) is 0 Å². The summed E-state index contributed by atoms with van der Waals surface area (Å²) in [6, 6.07) is 16.7. The molecule has 2 aromatic carbocycles. The lowest BCUT2D eigenvalue weighted by atomic mass is 10.00. The quantitative estimate of drug-likeness (QED) is 0.532. The van der Waals surface area contributed by atoms with Gasteiger partial charge in [-0.2, -0.15) is 4.57 Å². The highest BCUT2D eigenvalue weighted by molar-refractivity contribution is 5.95. The molecule has 1 aliphatic rings. The molecule has 10 nitrogen and oxygen atoms in total. The van der Waals surface area contributed by atoms with E-state index >= 15 is 0 Å². The van der Waals surface area contributed by atoms with Gasteiger partial charge in [-0.25, -0.2) is 14.4 Å². The molecule has 0 spiro atoms. The molecule has 2 heterocycles. The highest BCUT2D eigenvalue weighted by Gasteiger charge is 2.55. The van der Waals surface area contributed by atoms with Gasteiger partial charge in [0.05, 0.1) is 24.8 Å². The maximum Gasteiger partial charge on any atom is 0.447 e. The number of esters is 1. The number of para-hydroxylation sites is 2. The standard InChI is InChI=1S/C23H24N4O6/c1-23(2)19(27-21(30)26(22(31)33-27)17-12-8-5-9-13-17)25(16-10-6-4-7-11-16)20(29)24(23)15-14-18(28)32-3/h4-13,19H,14-15H2,1-3H3. The molecule has 0 aliphatic carbocycles. The van der Waals surface area contributed by atoms with Gasteiger partial charge in [0.15, 0.2) is 6.17 Å². The molecule has 1 saturated heterocycles. The summed E-state index contributed by atoms with van der Waals surface area (Å²) in [5.74, 6) is -1.33. The first-order valence-electron chi connectivity index (χ1n) is 10.4. The van der Waals surface area contributed by atoms with Crippen molar-refractivity contribution in [2.75, 3.05) is 18.6 Å². The van der Waals surface area contributed by atoms with Crippen LogP contribution in [0.25, 0.3) is 5.69 Å². The van der Waals surface area contributed by atoms with Crippen molar-refractivity contribution in [1.82, 2.24) is 14.2 Å². The lowest BCUT2D eigenvalue weighted by Gasteiger charge is -2.33. The molecule has 0 bridgehead atoms. The van der Waals surface area contributed by atoms with Crippen LogP contribution in [0.15, 0.2) is 74.8 Å². The molecule has 0 saturated carbocycles. The van der Waals surface area contributed by atoms with Gasteiger partial charge in [0.1, 0.15) is 0 Å². The maximum absolute atomic E-state index is 13.5. The number of hydrogen-bond acceptors (Lipinski definition) is 6. The molecular formula is C23H24N4O6. The van der Waals surface area contributed by atoms with E-state index in [1.807, 2.05) is 0 Å². The van der Waals surface area contributed by atoms with E-state index in [4.69, 9.17) is 9.26 Å². The van der Waals surface area contributed by atoms with Crippen molar-refractivity contribution in [3.8, 4) is 5.69 Å². The Labute approximate surface area is 189 Å². The Hall–Kier alpha value is -4.08. The summed E-state index contributed by atoms with van der Waals surface area (Å²) in [5.41, 5.74) is -0.870. The number of aromatic nitrogens is 2. The summed E-state index contributed by atoms with van der Waals surface area (Å²) in [7, 11) is 1.28. The highest BCUT2D eigenvalue weighted by atomic mass is 16.5. The molecule has 0 N–H and O–H groups in total. The van der Waals surface area contributed by atoms with Crippen molar-refractivity contribution >= 4 is 17.7 Å². The van der Waals surface area contributed by atoms with Crippen molar-refractivity contribution < 1.29 is 18.8 Å². The number of nitrogens with zero attached hydrogens (tertiary/aromatic N) is 4. The molecule has 10 heteroatoms. The number of urea groups is 1. The van der Waals surface area contributed by atoms with E-state index in [0.717, 1.165) is 9.31 Å². The molecule has 1 unspecified atom stereocenters. The van der Waals surface area contributed by atoms with Crippen molar-refractivity contribution in [1.29, 1.82) is 0 Å². The molecule has 3 aromatic rings. The second-order valence-corrected chi connectivity index (χ2v) is 8.13. The average molecular weight is 452 g/mol. The lowest BCUT2D eigenvalue weighted by Crippen LogP contribution is -2.47. The summed E-state index contributed by atoms with van der Waals surface area (Å²) in [4.78, 5) is 54.2. The van der Waals surface area contributed by atoms with Crippen LogP contribution in [0.3, 0.4) is 0 Å². The first-order chi connectivity index (χ1) is 15.8. The Morgan fingerprint density at radius 2 is 1.55 bits per heavy atom. The molecule has 2 amide bonds. The Bertz CT molecular complexity index is 1280. The largest absolute Gasteiger partial charge is 0.469 e. The van der Waals surface area contributed by atoms with Crippen LogP contribution in [-0.4, -0.2) is 45.4 Å². The van der Waals surface area contributed by atoms with Crippen LogP contribution < -0.4 is 16.3 Å². The van der Waals surface area contributed by atoms with Crippen molar-refractivity contribution in [3.05, 3.63) is 81.7 Å². The summed E-state index contributed by atoms with van der Waals surface area (Å²) in [5, 5.41) is 0. The van der Waals surface area contributed by atoms with Crippen molar-refractivity contribution in [2.45, 2.75) is 32.0 Å². The van der Waals surface area contributed by atoms with E-state index in [0.29, 0.717) is 11.4 Å². The monoisotopic (exact) mass is 452 g/mol. The normalized spacial score (nSPS) is 17.4. The number of rotatable bonds is 6. The van der Waals surface area contributed by atoms with E-state index in [1.165, 1.54) is 16.9 Å². The zero-order chi connectivity index (χ0) is 23.8. The van der Waals surface area contributed by atoms with E-state index in [2.05, 4.69) is 0 Å². The zero-order valence-corrected chi connectivity index (χ0v) is 18.5. The first-order valence-corrected chi connectivity index (χ1v) is 10.4. The van der Waals surface area contributed by atoms with Gasteiger partial charge in [-0.1, -0.05) is 36.4 Å². The summed E-state index contributed by atoms with van der Waals surface area (Å²) in [6.45, 7) is 3.57. The lowest BCUT2D eigenvalue weighted by molar-refractivity contribution is -0.141. The number of benzene rings is 2. The van der Waals surface area contributed by atoms with Gasteiger partial charge in [-0.15, -0.1) is 4.74 Å². The number of ether oxygens (including phenoxy) is 1. The molecule has 1 atom stereocenters. The van der Waals surface area contributed by atoms with Crippen LogP contribution in [0, 0.1) is 0 Å². The van der Waals surface area contributed by atoms with Gasteiger partial charge in [0.2, 0.25) is 0 Å². The van der Waals surface area contributed by atoms with Crippen LogP contribution in [0.5, 0.6) is 0 Å². The van der Waals surface area contributed by atoms with E-state index in [1.54, 1.807) is 74.5 Å². The molecule has 4 rings (SSSR count). The van der Waals surface area contributed by atoms with Crippen molar-refractivity contribution in [2.24, 2.45) is 0 Å². The number of carbonyl (C=O) groups excluding carboxylic acids is 2. The first kappa shape index (κ1) is 22.1. The van der Waals surface area contributed by atoms with Crippen molar-refractivity contribution in [3.63, 3.8) is 0 Å². The molecule has 1 fully saturated rings. The number of carbonyl (C=O) groups is 2. The molecule has 172 valence electrons. The fourth-order valence-electron chi connectivity index (χ4n) is 4.15. The van der Waals surface area contributed by atoms with Crippen LogP contribution in [0.2, 0.25) is 0 Å². The minimum atomic E-state index is -1.02. The minimum absolute atomic E-state index is 0.0229. The van der Waals surface area contributed by atoms with Gasteiger partial charge in [0, 0.05) is 12.2 Å². The molecule has 33 heavy (non-hydrogen) atoms. The second kappa shape index (κ2) is 8.45. The average Bonchev–Trinajstić information content (AvgIpc) is 3.21. The molecular weight excluding hydrogens is 428 g/mol. The number of methoxy groups -OCH3 is 1. The Morgan fingerprint density at radius 1 is 0.970 bits per heavy atom. The number of amides is 2. The predicted molar refractivity (Wildman–Crippen MR) is 119 cm³/mol. The fourth-order valence-corrected chi connectivity index (χ4v) is 4.15. The van der Waals surface area contributed by atoms with Crippen LogP contribution in [0.1, 0.15) is 26.4 Å². The third kappa shape index (κ3) is 3.73. The van der Waals surface area contributed by atoms with Crippen LogP contribution in [0.4, 0.5) is 10.5 Å². The van der Waals surface area contributed by atoms with Crippen LogP contribution in [-0.2, 0) is 9.53 Å². The molecule has 0 radical (unpaired) electrons. The summed E-state index contributed by atoms with van der Waals surface area (Å²) >= 11 is 0. The Balaban J connectivity index is 1.86. The minimum Gasteiger partial charge on any atom is -0.469 e. The predicted octanol–water partition coefficient (Wildman–Crippen LogP) is 2.37. The van der Waals surface area contributed by atoms with Crippen LogP contribution >= 0.6 is 0 Å². The summed E-state index contributed by atoms with van der Waals surface area (Å²) in [6.07, 6.45) is -1.01. The van der Waals surface area contributed by atoms with Gasteiger partial charge < -0.3 is 14.2 Å². The third-order valence-electron chi connectivity index (χ3n) is 5.79. The van der Waals surface area contributed by atoms with E-state index in [-0.39, 0.29) is 13.0 Å². The Kier molecular flexibility index (Phi) is 5.67. The smallest absolute Gasteiger partial charge is 0.447 e.